The molecule has 6 aliphatic carbocycles. The maximum absolute atomic E-state index is 13.9. The molecule has 1 aliphatic heterocycles. The third kappa shape index (κ3) is 15.0. The number of urea groups is 1. The van der Waals surface area contributed by atoms with Gasteiger partial charge in [-0.05, 0) is 220 Å². The highest BCUT2D eigenvalue weighted by atomic mass is 16.5. The number of carbonyl (C=O) groups excluding carboxylic acids is 2. The summed E-state index contributed by atoms with van der Waals surface area (Å²) in [6.07, 6.45) is 36.1. The number of aliphatic carboxylic acids is 1. The summed E-state index contributed by atoms with van der Waals surface area (Å²) in [4.78, 5) is 41.9. The number of rotatable bonds is 29. The number of amides is 3. The lowest BCUT2D eigenvalue weighted by Crippen LogP contribution is -2.47. The van der Waals surface area contributed by atoms with Gasteiger partial charge >= 0.3 is 12.0 Å². The molecule has 10 rings (SSSR count). The van der Waals surface area contributed by atoms with Gasteiger partial charge in [-0.2, -0.15) is 0 Å². The van der Waals surface area contributed by atoms with Crippen LogP contribution in [0.4, 0.5) is 4.79 Å². The molecule has 482 valence electrons. The Morgan fingerprint density at radius 3 is 1.47 bits per heavy atom. The van der Waals surface area contributed by atoms with Gasteiger partial charge in [-0.25, -0.2) is 4.79 Å². The highest BCUT2D eigenvalue weighted by Gasteiger charge is 2.58. The Bertz CT molecular complexity index is 2680. The highest BCUT2D eigenvalue weighted by Crippen LogP contribution is 2.64. The van der Waals surface area contributed by atoms with Gasteiger partial charge < -0.3 is 29.7 Å². The number of carbonyl (C=O) groups is 3. The molecule has 1 heterocycles. The molecular weight excluding hydrogens is 1080 g/mol. The summed E-state index contributed by atoms with van der Waals surface area (Å²) >= 11 is 0. The number of aliphatic hydroxyl groups is 2. The summed E-state index contributed by atoms with van der Waals surface area (Å²) in [5.41, 5.74) is 7.37. The lowest BCUT2D eigenvalue weighted by atomic mass is 9.52. The van der Waals surface area contributed by atoms with Gasteiger partial charge in [0.05, 0.1) is 44.4 Å². The van der Waals surface area contributed by atoms with Crippen LogP contribution in [-0.4, -0.2) is 82.5 Å². The number of imide groups is 1. The van der Waals surface area contributed by atoms with Crippen molar-refractivity contribution in [3.05, 3.63) is 94.5 Å². The zero-order chi connectivity index (χ0) is 61.8. The number of nitrogens with zero attached hydrogens (tertiary/aromatic N) is 2. The fraction of sp³-hybridized carbons (Fsp3) is 0.727. The Morgan fingerprint density at radius 1 is 0.586 bits per heavy atom. The summed E-state index contributed by atoms with van der Waals surface area (Å²) in [6.45, 7) is 11.0. The predicted octanol–water partition coefficient (Wildman–Crippen LogP) is 18.2. The van der Waals surface area contributed by atoms with Gasteiger partial charge in [-0.15, -0.1) is 0 Å². The number of hydrogen-bond donors (Lipinski definition) is 3. The minimum absolute atomic E-state index is 0.0123. The second-order valence-corrected chi connectivity index (χ2v) is 29.5. The summed E-state index contributed by atoms with van der Waals surface area (Å²) in [5.74, 6) is 6.48. The average molecular weight is 1200 g/mol. The van der Waals surface area contributed by atoms with Gasteiger partial charge in [0.25, 0.3) is 0 Å². The van der Waals surface area contributed by atoms with E-state index in [4.69, 9.17) is 9.47 Å². The van der Waals surface area contributed by atoms with Crippen LogP contribution in [0, 0.1) is 58.2 Å². The van der Waals surface area contributed by atoms with Crippen molar-refractivity contribution in [2.75, 3.05) is 21.3 Å². The Balaban J connectivity index is 0.000000217. The standard InChI is InChI=1S/C44H64N2O4.C33H52O4/c1-6-17-32(42(48)46-41(30(2)45(4)43(46)49)31-18-15-12-16-19-31)20-13-10-8-7-9-11-14-21-33-28-34-29-35(50-5)22-23-36(34)37-26-27-44(3)38(40(33)37)24-25-39(44)47;1-4-12-23(32(35)36)13-10-8-6-5-7-9-11-14-24-21-25-22-26(37-3)15-16-27(25)28-19-20-33(2)29(31(24)28)17-18-30(33)34/h12,15-16,18-19,22-23,29-30,32-33,37-41,47H,6-11,13-14,17,20-21,24-28H2,1-5H3;15-16,22-24,28-31,34H,4-14,17-21H2,1-3H3,(H,35,36)/t30-,32-,33+,37?,38?,39-,40?,41-,44-;23-,24+,28?,29?,30-,31?,33-/m00/s1. The molecule has 10 heteroatoms. The molecule has 7 aliphatic rings. The number of likely N-dealkylation sites (N-methyl/N-ethyl adjacent to an activating group) is 1. The lowest BCUT2D eigenvalue weighted by molar-refractivity contribution is -0.142. The van der Waals surface area contributed by atoms with Crippen molar-refractivity contribution in [2.45, 2.75) is 276 Å². The normalized spacial score (nSPS) is 31.1. The Hall–Kier alpha value is -4.41. The second-order valence-electron chi connectivity index (χ2n) is 29.5. The number of aliphatic hydroxyl groups excluding tert-OH is 2. The predicted molar refractivity (Wildman–Crippen MR) is 351 cm³/mol. The first-order valence-corrected chi connectivity index (χ1v) is 35.7. The summed E-state index contributed by atoms with van der Waals surface area (Å²) in [6, 6.07) is 23.2. The molecule has 3 amide bonds. The molecule has 3 N–H and O–H groups in total. The quantitative estimate of drug-likeness (QED) is 0.0585. The Morgan fingerprint density at radius 2 is 1.02 bits per heavy atom. The molecule has 1 saturated heterocycles. The number of hydrogen-bond acceptors (Lipinski definition) is 7. The van der Waals surface area contributed by atoms with Crippen LogP contribution in [0.3, 0.4) is 0 Å². The van der Waals surface area contributed by atoms with Crippen LogP contribution >= 0.6 is 0 Å². The maximum atomic E-state index is 13.9. The van der Waals surface area contributed by atoms with Gasteiger partial charge in [0, 0.05) is 13.0 Å². The first-order chi connectivity index (χ1) is 42.1. The van der Waals surface area contributed by atoms with E-state index in [0.29, 0.717) is 47.3 Å². The van der Waals surface area contributed by atoms with E-state index in [-0.39, 0.29) is 58.9 Å². The van der Waals surface area contributed by atoms with Gasteiger partial charge in [-0.1, -0.05) is 173 Å². The Kier molecular flexibility index (Phi) is 23.9. The van der Waals surface area contributed by atoms with Gasteiger partial charge in [0.2, 0.25) is 5.91 Å². The number of unbranched alkanes of at least 4 members (excludes halogenated alkanes) is 12. The van der Waals surface area contributed by atoms with Crippen molar-refractivity contribution in [3.63, 3.8) is 0 Å². The zero-order valence-electron chi connectivity index (χ0n) is 55.3. The lowest BCUT2D eigenvalue weighted by Gasteiger charge is -2.53. The molecule has 3 aromatic carbocycles. The number of carboxylic acid groups (broad SMARTS) is 1. The van der Waals surface area contributed by atoms with Crippen LogP contribution in [0.5, 0.6) is 11.5 Å². The van der Waals surface area contributed by atoms with Gasteiger partial charge in [0.15, 0.2) is 0 Å². The molecule has 5 fully saturated rings. The number of fused-ring (bicyclic) bond motifs is 10. The van der Waals surface area contributed by atoms with E-state index in [1.165, 1.54) is 127 Å². The second kappa shape index (κ2) is 31.1. The number of carboxylic acids is 1. The smallest absolute Gasteiger partial charge is 0.327 e. The molecular formula is C77H116N2O8. The number of ether oxygens (including phenoxy) is 2. The molecule has 6 unspecified atom stereocenters. The first kappa shape index (κ1) is 67.0. The molecule has 10 nitrogen and oxygen atoms in total. The molecule has 0 radical (unpaired) electrons. The SMILES string of the molecule is CCC[C@@H](CCCCCCCCC[C@@H]1Cc2cc(OC)ccc2C2CC[C@@]3(C)C(CC[C@@H]3O)C21)C(=O)N1C(=O)N(C)[C@@H](C)[C@H]1c1ccccc1.CCC[C@@H](CCCCCCCCC[C@@H]1Cc2cc(OC)ccc2C2CC[C@@]3(C)C(CC[C@@H]3O)C21)C(=O)O. The third-order valence-corrected chi connectivity index (χ3v) is 24.6. The van der Waals surface area contributed by atoms with Gasteiger partial charge in [-0.3, -0.25) is 14.5 Å². The summed E-state index contributed by atoms with van der Waals surface area (Å²) < 4.78 is 11.2. The largest absolute Gasteiger partial charge is 0.497 e. The van der Waals surface area contributed by atoms with E-state index in [2.05, 4.69) is 64.1 Å². The van der Waals surface area contributed by atoms with Crippen LogP contribution in [0.2, 0.25) is 0 Å². The highest BCUT2D eigenvalue weighted by molar-refractivity contribution is 5.98. The van der Waals surface area contributed by atoms with Crippen molar-refractivity contribution in [2.24, 2.45) is 58.2 Å². The third-order valence-electron chi connectivity index (χ3n) is 24.6. The number of benzene rings is 3. The molecule has 16 atom stereocenters. The number of methoxy groups -OCH3 is 2. The van der Waals surface area contributed by atoms with Crippen LogP contribution < -0.4 is 9.47 Å². The summed E-state index contributed by atoms with van der Waals surface area (Å²) in [5, 5.41) is 31.2. The van der Waals surface area contributed by atoms with Crippen LogP contribution in [-0.2, 0) is 22.4 Å². The Labute approximate surface area is 526 Å². The monoisotopic (exact) mass is 1200 g/mol. The van der Waals surface area contributed by atoms with Crippen LogP contribution in [0.1, 0.15) is 273 Å². The molecule has 0 aromatic heterocycles. The van der Waals surface area contributed by atoms with E-state index < -0.39 is 5.97 Å². The summed E-state index contributed by atoms with van der Waals surface area (Å²) in [7, 11) is 5.36. The fourth-order valence-corrected chi connectivity index (χ4v) is 19.5. The molecule has 3 aromatic rings. The minimum Gasteiger partial charge on any atom is -0.497 e. The van der Waals surface area contributed by atoms with E-state index >= 15 is 0 Å². The zero-order valence-corrected chi connectivity index (χ0v) is 55.3. The topological polar surface area (TPSA) is 137 Å². The van der Waals surface area contributed by atoms with Crippen molar-refractivity contribution >= 4 is 17.9 Å². The van der Waals surface area contributed by atoms with Crippen molar-refractivity contribution in [1.82, 2.24) is 9.80 Å². The average Bonchev–Trinajstić information content (AvgIpc) is 1.76. The van der Waals surface area contributed by atoms with Crippen LogP contribution in [0.15, 0.2) is 66.7 Å². The minimum atomic E-state index is -0.613. The van der Waals surface area contributed by atoms with E-state index in [1.54, 1.807) is 35.1 Å². The molecule has 4 saturated carbocycles. The molecule has 0 bridgehead atoms. The van der Waals surface area contributed by atoms with Gasteiger partial charge in [0.1, 0.15) is 11.5 Å². The molecule has 0 spiro atoms. The van der Waals surface area contributed by atoms with Crippen molar-refractivity contribution < 1.29 is 39.2 Å². The maximum Gasteiger partial charge on any atom is 0.327 e. The molecule has 87 heavy (non-hydrogen) atoms. The van der Waals surface area contributed by atoms with Crippen molar-refractivity contribution in [3.8, 4) is 11.5 Å². The van der Waals surface area contributed by atoms with Crippen molar-refractivity contribution in [1.29, 1.82) is 0 Å². The van der Waals surface area contributed by atoms with E-state index in [0.717, 1.165) is 107 Å². The van der Waals surface area contributed by atoms with Crippen LogP contribution in [0.25, 0.3) is 0 Å². The first-order valence-electron chi connectivity index (χ1n) is 35.7. The fourth-order valence-electron chi connectivity index (χ4n) is 19.5. The van der Waals surface area contributed by atoms with E-state index in [9.17, 15) is 29.7 Å². The van der Waals surface area contributed by atoms with E-state index in [1.807, 2.05) is 44.3 Å².